The van der Waals surface area contributed by atoms with Crippen molar-refractivity contribution in [3.8, 4) is 0 Å². The summed E-state index contributed by atoms with van der Waals surface area (Å²) in [5.74, 6) is -0.924. The SMILES string of the molecule is CC/C=C\C/C=C\C/C=C\C/C=C\CCCCC(=O)OC(COC(=O)CCCCCCCCCC)COC(=O)CCCCCCCCCCCCCCCCCCC/C=C\CCCCCCCCCC. The van der Waals surface area contributed by atoms with Crippen LogP contribution in [-0.4, -0.2) is 37.2 Å². The molecule has 0 fully saturated rings. The van der Waals surface area contributed by atoms with Crippen LogP contribution in [0.1, 0.15) is 310 Å². The van der Waals surface area contributed by atoms with E-state index in [0.717, 1.165) is 77.0 Å². The molecule has 0 aliphatic carbocycles. The molecule has 0 aliphatic rings. The van der Waals surface area contributed by atoms with Crippen molar-refractivity contribution in [2.75, 3.05) is 13.2 Å². The van der Waals surface area contributed by atoms with Gasteiger partial charge in [-0.1, -0.05) is 268 Å². The molecule has 70 heavy (non-hydrogen) atoms. The van der Waals surface area contributed by atoms with Crippen LogP contribution in [-0.2, 0) is 28.6 Å². The molecule has 0 bridgehead atoms. The highest BCUT2D eigenvalue weighted by molar-refractivity contribution is 5.71. The molecule has 0 rings (SSSR count). The van der Waals surface area contributed by atoms with E-state index in [1.54, 1.807) is 0 Å². The van der Waals surface area contributed by atoms with Gasteiger partial charge in [-0.25, -0.2) is 0 Å². The molecule has 1 atom stereocenters. The predicted molar refractivity (Wildman–Crippen MR) is 302 cm³/mol. The number of ether oxygens (including phenoxy) is 3. The lowest BCUT2D eigenvalue weighted by atomic mass is 10.0. The van der Waals surface area contributed by atoms with Crippen molar-refractivity contribution in [1.29, 1.82) is 0 Å². The summed E-state index contributed by atoms with van der Waals surface area (Å²) in [5.41, 5.74) is 0. The smallest absolute Gasteiger partial charge is 0.306 e. The second-order valence-electron chi connectivity index (χ2n) is 20.2. The molecule has 0 aromatic carbocycles. The molecule has 0 aliphatic heterocycles. The Morgan fingerprint density at radius 3 is 0.914 bits per heavy atom. The van der Waals surface area contributed by atoms with Gasteiger partial charge in [0.1, 0.15) is 13.2 Å². The second kappa shape index (κ2) is 58.7. The first kappa shape index (κ1) is 67.1. The molecule has 0 N–H and O–H groups in total. The zero-order valence-corrected chi connectivity index (χ0v) is 46.5. The zero-order chi connectivity index (χ0) is 50.7. The molecule has 0 heterocycles. The molecule has 0 saturated carbocycles. The number of unbranched alkanes of at least 4 members (excludes halogenated alkanes) is 34. The summed E-state index contributed by atoms with van der Waals surface area (Å²) < 4.78 is 16.8. The molecule has 0 aromatic heterocycles. The van der Waals surface area contributed by atoms with Crippen molar-refractivity contribution in [3.05, 3.63) is 60.8 Å². The maximum Gasteiger partial charge on any atom is 0.306 e. The van der Waals surface area contributed by atoms with Crippen molar-refractivity contribution in [2.45, 2.75) is 316 Å². The maximum absolute atomic E-state index is 12.8. The fourth-order valence-electron chi connectivity index (χ4n) is 8.72. The molecule has 0 aromatic rings. The average molecular weight is 980 g/mol. The van der Waals surface area contributed by atoms with Gasteiger partial charge in [0, 0.05) is 19.3 Å². The van der Waals surface area contributed by atoms with Gasteiger partial charge in [-0.05, 0) is 83.5 Å². The Morgan fingerprint density at radius 2 is 0.557 bits per heavy atom. The highest BCUT2D eigenvalue weighted by atomic mass is 16.6. The minimum atomic E-state index is -0.792. The molecular weight excluding hydrogens is 865 g/mol. The van der Waals surface area contributed by atoms with Gasteiger partial charge >= 0.3 is 17.9 Å². The van der Waals surface area contributed by atoms with Crippen LogP contribution in [0, 0.1) is 0 Å². The minimum Gasteiger partial charge on any atom is -0.462 e. The number of esters is 3. The molecule has 1 unspecified atom stereocenters. The molecule has 0 amide bonds. The summed E-state index contributed by atoms with van der Waals surface area (Å²) >= 11 is 0. The van der Waals surface area contributed by atoms with E-state index in [4.69, 9.17) is 14.2 Å². The van der Waals surface area contributed by atoms with E-state index >= 15 is 0 Å². The van der Waals surface area contributed by atoms with E-state index < -0.39 is 6.10 Å². The summed E-state index contributed by atoms with van der Waals surface area (Å²) in [6.45, 7) is 6.49. The van der Waals surface area contributed by atoms with Crippen LogP contribution in [0.3, 0.4) is 0 Å². The Hall–Kier alpha value is -2.89. The van der Waals surface area contributed by atoms with E-state index in [-0.39, 0.29) is 37.5 Å². The van der Waals surface area contributed by atoms with E-state index in [9.17, 15) is 14.4 Å². The van der Waals surface area contributed by atoms with Crippen LogP contribution in [0.2, 0.25) is 0 Å². The Bertz CT molecular complexity index is 1260. The molecule has 0 radical (unpaired) electrons. The van der Waals surface area contributed by atoms with Gasteiger partial charge in [0.05, 0.1) is 0 Å². The first-order valence-corrected chi connectivity index (χ1v) is 30.3. The number of hydrogen-bond donors (Lipinski definition) is 0. The van der Waals surface area contributed by atoms with E-state index in [0.29, 0.717) is 19.3 Å². The quantitative estimate of drug-likeness (QED) is 0.0261. The largest absolute Gasteiger partial charge is 0.462 e. The number of carbonyl (C=O) groups is 3. The number of hydrogen-bond acceptors (Lipinski definition) is 6. The van der Waals surface area contributed by atoms with Crippen molar-refractivity contribution < 1.29 is 28.6 Å². The Morgan fingerprint density at radius 1 is 0.300 bits per heavy atom. The lowest BCUT2D eigenvalue weighted by Gasteiger charge is -2.18. The number of carbonyl (C=O) groups excluding carboxylic acids is 3. The lowest BCUT2D eigenvalue weighted by molar-refractivity contribution is -0.167. The van der Waals surface area contributed by atoms with Gasteiger partial charge in [0.25, 0.3) is 0 Å². The van der Waals surface area contributed by atoms with Crippen molar-refractivity contribution in [3.63, 3.8) is 0 Å². The van der Waals surface area contributed by atoms with Gasteiger partial charge < -0.3 is 14.2 Å². The van der Waals surface area contributed by atoms with Gasteiger partial charge in [-0.15, -0.1) is 0 Å². The summed E-state index contributed by atoms with van der Waals surface area (Å²) in [6, 6.07) is 0. The van der Waals surface area contributed by atoms with E-state index in [1.807, 2.05) is 0 Å². The van der Waals surface area contributed by atoms with Gasteiger partial charge in [-0.2, -0.15) is 0 Å². The maximum atomic E-state index is 12.8. The monoisotopic (exact) mass is 979 g/mol. The van der Waals surface area contributed by atoms with Gasteiger partial charge in [-0.3, -0.25) is 14.4 Å². The topological polar surface area (TPSA) is 78.9 Å². The van der Waals surface area contributed by atoms with Crippen molar-refractivity contribution in [1.82, 2.24) is 0 Å². The van der Waals surface area contributed by atoms with E-state index in [2.05, 4.69) is 81.5 Å². The van der Waals surface area contributed by atoms with Crippen LogP contribution >= 0.6 is 0 Å². The second-order valence-corrected chi connectivity index (χ2v) is 20.2. The highest BCUT2D eigenvalue weighted by Crippen LogP contribution is 2.17. The third-order valence-corrected chi connectivity index (χ3v) is 13.3. The third kappa shape index (κ3) is 56.0. The molecule has 406 valence electrons. The molecular formula is C64H114O6. The zero-order valence-electron chi connectivity index (χ0n) is 46.5. The summed E-state index contributed by atoms with van der Waals surface area (Å²) in [4.78, 5) is 38.0. The molecule has 6 nitrogen and oxygen atoms in total. The van der Waals surface area contributed by atoms with Crippen LogP contribution in [0.5, 0.6) is 0 Å². The van der Waals surface area contributed by atoms with Gasteiger partial charge in [0.15, 0.2) is 6.10 Å². The number of rotatable bonds is 55. The van der Waals surface area contributed by atoms with Crippen molar-refractivity contribution in [2.24, 2.45) is 0 Å². The summed E-state index contributed by atoms with van der Waals surface area (Å²) in [5, 5.41) is 0. The molecule has 0 saturated heterocycles. The average Bonchev–Trinajstić information content (AvgIpc) is 3.36. The minimum absolute atomic E-state index is 0.0880. The highest BCUT2D eigenvalue weighted by Gasteiger charge is 2.19. The summed E-state index contributed by atoms with van der Waals surface area (Å²) in [7, 11) is 0. The predicted octanol–water partition coefficient (Wildman–Crippen LogP) is 20.4. The normalized spacial score (nSPS) is 12.4. The first-order chi connectivity index (χ1) is 34.5. The Kier molecular flexibility index (Phi) is 56.3. The van der Waals surface area contributed by atoms with Crippen LogP contribution in [0.4, 0.5) is 0 Å². The lowest BCUT2D eigenvalue weighted by Crippen LogP contribution is -2.30. The standard InChI is InChI=1S/C64H114O6/c1-4-7-10-13-16-19-21-23-25-26-27-28-29-30-31-32-33-34-35-36-37-38-40-41-43-45-48-51-54-57-63(66)69-60-61(59-68-62(65)56-53-50-47-18-15-12-9-6-3)70-64(67)58-55-52-49-46-44-42-39-24-22-20-17-14-11-8-5-2/h8,11,17,20,24,26-27,39,44,46,61H,4-7,9-10,12-16,18-19,21-23,25,28-38,40-43,45,47-60H2,1-3H3/b11-8-,20-17-,27-26-,39-24-,46-44-. The Balaban J connectivity index is 4.10. The van der Waals surface area contributed by atoms with Gasteiger partial charge in [0.2, 0.25) is 0 Å². The van der Waals surface area contributed by atoms with E-state index in [1.165, 1.54) is 186 Å². The fraction of sp³-hybridized carbons (Fsp3) is 0.797. The summed E-state index contributed by atoms with van der Waals surface area (Å²) in [6.07, 6.45) is 74.0. The third-order valence-electron chi connectivity index (χ3n) is 13.3. The first-order valence-electron chi connectivity index (χ1n) is 30.3. The fourth-order valence-corrected chi connectivity index (χ4v) is 8.72. The molecule has 0 spiro atoms. The Labute approximate surface area is 434 Å². The van der Waals surface area contributed by atoms with Crippen LogP contribution < -0.4 is 0 Å². The number of allylic oxidation sites excluding steroid dienone is 10. The van der Waals surface area contributed by atoms with Crippen LogP contribution in [0.15, 0.2) is 60.8 Å². The van der Waals surface area contributed by atoms with Crippen molar-refractivity contribution >= 4 is 17.9 Å². The van der Waals surface area contributed by atoms with Crippen LogP contribution in [0.25, 0.3) is 0 Å². The molecule has 6 heteroatoms.